The van der Waals surface area contributed by atoms with Gasteiger partial charge in [-0.05, 0) is 24.3 Å². The van der Waals surface area contributed by atoms with Gasteiger partial charge in [-0.2, -0.15) is 0 Å². The average molecular weight is 288 g/mol. The summed E-state index contributed by atoms with van der Waals surface area (Å²) in [5.41, 5.74) is 1.84. The van der Waals surface area contributed by atoms with Gasteiger partial charge in [0.2, 0.25) is 0 Å². The summed E-state index contributed by atoms with van der Waals surface area (Å²) in [6, 6.07) is 15.6. The molecule has 0 amide bonds. The smallest absolute Gasteiger partial charge is 0.139 e. The van der Waals surface area contributed by atoms with Crippen molar-refractivity contribution in [1.29, 1.82) is 0 Å². The quantitative estimate of drug-likeness (QED) is 0.755. The van der Waals surface area contributed by atoms with Crippen LogP contribution in [-0.4, -0.2) is 7.11 Å². The fourth-order valence-corrected chi connectivity index (χ4v) is 2.28. The number of furan rings is 1. The average Bonchev–Trinajstić information content (AvgIpc) is 2.89. The van der Waals surface area contributed by atoms with Crippen molar-refractivity contribution in [3.63, 3.8) is 0 Å². The SMILES string of the molecule is COc1cc(NCc2cc3ccccc3o2)ccc1Cl. The van der Waals surface area contributed by atoms with Crippen LogP contribution in [-0.2, 0) is 6.54 Å². The van der Waals surface area contributed by atoms with Crippen LogP contribution < -0.4 is 10.1 Å². The van der Waals surface area contributed by atoms with Gasteiger partial charge in [0.05, 0.1) is 18.7 Å². The lowest BCUT2D eigenvalue weighted by Gasteiger charge is -2.08. The van der Waals surface area contributed by atoms with Crippen LogP contribution in [0, 0.1) is 0 Å². The highest BCUT2D eigenvalue weighted by Crippen LogP contribution is 2.28. The number of hydrogen-bond acceptors (Lipinski definition) is 3. The number of ether oxygens (including phenoxy) is 1. The summed E-state index contributed by atoms with van der Waals surface area (Å²) in [5.74, 6) is 1.54. The molecule has 0 spiro atoms. The van der Waals surface area contributed by atoms with Gasteiger partial charge in [-0.25, -0.2) is 0 Å². The molecule has 0 saturated carbocycles. The molecule has 102 valence electrons. The lowest BCUT2D eigenvalue weighted by Crippen LogP contribution is -1.98. The second-order valence-corrected chi connectivity index (χ2v) is 4.86. The highest BCUT2D eigenvalue weighted by atomic mass is 35.5. The molecule has 1 heterocycles. The molecule has 0 bridgehead atoms. The van der Waals surface area contributed by atoms with Gasteiger partial charge in [0, 0.05) is 17.1 Å². The van der Waals surface area contributed by atoms with Gasteiger partial charge >= 0.3 is 0 Å². The molecule has 0 saturated heterocycles. The van der Waals surface area contributed by atoms with Gasteiger partial charge in [-0.3, -0.25) is 0 Å². The number of anilines is 1. The van der Waals surface area contributed by atoms with E-state index in [0.717, 1.165) is 22.4 Å². The van der Waals surface area contributed by atoms with Crippen LogP contribution in [0.15, 0.2) is 52.9 Å². The van der Waals surface area contributed by atoms with Crippen molar-refractivity contribution in [3.8, 4) is 5.75 Å². The van der Waals surface area contributed by atoms with Crippen LogP contribution in [0.4, 0.5) is 5.69 Å². The fraction of sp³-hybridized carbons (Fsp3) is 0.125. The molecule has 4 heteroatoms. The van der Waals surface area contributed by atoms with Crippen molar-refractivity contribution < 1.29 is 9.15 Å². The molecule has 3 aromatic rings. The van der Waals surface area contributed by atoms with Crippen molar-refractivity contribution in [2.75, 3.05) is 12.4 Å². The Kier molecular flexibility index (Phi) is 3.52. The molecule has 3 nitrogen and oxygen atoms in total. The van der Waals surface area contributed by atoms with Crippen LogP contribution in [0.3, 0.4) is 0 Å². The molecule has 20 heavy (non-hydrogen) atoms. The Hall–Kier alpha value is -2.13. The number of nitrogens with one attached hydrogen (secondary N) is 1. The van der Waals surface area contributed by atoms with E-state index in [2.05, 4.69) is 5.32 Å². The molecule has 0 aliphatic heterocycles. The molecule has 0 unspecified atom stereocenters. The van der Waals surface area contributed by atoms with Gasteiger partial charge in [-0.1, -0.05) is 29.8 Å². The molecule has 2 aromatic carbocycles. The molecular formula is C16H14ClNO2. The zero-order valence-electron chi connectivity index (χ0n) is 11.0. The maximum Gasteiger partial charge on any atom is 0.139 e. The van der Waals surface area contributed by atoms with Crippen LogP contribution >= 0.6 is 11.6 Å². The minimum Gasteiger partial charge on any atom is -0.495 e. The Morgan fingerprint density at radius 2 is 2.00 bits per heavy atom. The largest absolute Gasteiger partial charge is 0.495 e. The summed E-state index contributed by atoms with van der Waals surface area (Å²) in [5, 5.41) is 5.00. The Morgan fingerprint density at radius 3 is 2.80 bits per heavy atom. The Morgan fingerprint density at radius 1 is 1.15 bits per heavy atom. The van der Waals surface area contributed by atoms with E-state index in [1.165, 1.54) is 0 Å². The minimum absolute atomic E-state index is 0.599. The molecule has 0 radical (unpaired) electrons. The highest BCUT2D eigenvalue weighted by Gasteiger charge is 2.05. The molecule has 3 rings (SSSR count). The van der Waals surface area contributed by atoms with Gasteiger partial charge in [0.15, 0.2) is 0 Å². The first-order chi connectivity index (χ1) is 9.76. The van der Waals surface area contributed by atoms with E-state index in [4.69, 9.17) is 20.8 Å². The van der Waals surface area contributed by atoms with E-state index in [-0.39, 0.29) is 0 Å². The molecular weight excluding hydrogens is 274 g/mol. The third-order valence-electron chi connectivity index (χ3n) is 3.09. The summed E-state index contributed by atoms with van der Waals surface area (Å²) in [4.78, 5) is 0. The number of rotatable bonds is 4. The van der Waals surface area contributed by atoms with E-state index in [1.807, 2.05) is 42.5 Å². The molecule has 0 aliphatic rings. The maximum atomic E-state index is 6.00. The van der Waals surface area contributed by atoms with E-state index < -0.39 is 0 Å². The highest BCUT2D eigenvalue weighted by molar-refractivity contribution is 6.32. The minimum atomic E-state index is 0.599. The Balaban J connectivity index is 1.75. The van der Waals surface area contributed by atoms with Crippen molar-refractivity contribution in [2.24, 2.45) is 0 Å². The number of hydrogen-bond donors (Lipinski definition) is 1. The van der Waals surface area contributed by atoms with E-state index in [9.17, 15) is 0 Å². The van der Waals surface area contributed by atoms with Crippen molar-refractivity contribution in [1.82, 2.24) is 0 Å². The maximum absolute atomic E-state index is 6.00. The first-order valence-corrected chi connectivity index (χ1v) is 6.69. The summed E-state index contributed by atoms with van der Waals surface area (Å²) in [6.45, 7) is 0.611. The van der Waals surface area contributed by atoms with Crippen molar-refractivity contribution in [2.45, 2.75) is 6.54 Å². The molecule has 0 aliphatic carbocycles. The zero-order chi connectivity index (χ0) is 13.9. The lowest BCUT2D eigenvalue weighted by atomic mass is 10.2. The van der Waals surface area contributed by atoms with Crippen LogP contribution in [0.2, 0.25) is 5.02 Å². The van der Waals surface area contributed by atoms with E-state index in [0.29, 0.717) is 17.3 Å². The summed E-state index contributed by atoms with van der Waals surface area (Å²) < 4.78 is 10.9. The second-order valence-electron chi connectivity index (χ2n) is 4.45. The topological polar surface area (TPSA) is 34.4 Å². The summed E-state index contributed by atoms with van der Waals surface area (Å²) >= 11 is 6.00. The number of benzene rings is 2. The summed E-state index contributed by atoms with van der Waals surface area (Å²) in [6.07, 6.45) is 0. The fourth-order valence-electron chi connectivity index (χ4n) is 2.08. The standard InChI is InChI=1S/C16H14ClNO2/c1-19-16-9-12(6-7-14(16)17)18-10-13-8-11-4-2-3-5-15(11)20-13/h2-9,18H,10H2,1H3. The number of para-hydroxylation sites is 1. The van der Waals surface area contributed by atoms with Crippen molar-refractivity contribution in [3.05, 3.63) is 59.3 Å². The van der Waals surface area contributed by atoms with Crippen molar-refractivity contribution >= 4 is 28.3 Å². The predicted octanol–water partition coefficient (Wildman–Crippen LogP) is 4.71. The monoisotopic (exact) mass is 287 g/mol. The second kappa shape index (κ2) is 5.47. The third-order valence-corrected chi connectivity index (χ3v) is 3.41. The van der Waals surface area contributed by atoms with Crippen LogP contribution in [0.25, 0.3) is 11.0 Å². The lowest BCUT2D eigenvalue weighted by molar-refractivity contribution is 0.415. The van der Waals surface area contributed by atoms with Gasteiger partial charge in [0.1, 0.15) is 17.1 Å². The van der Waals surface area contributed by atoms with Gasteiger partial charge in [-0.15, -0.1) is 0 Å². The Bertz CT molecular complexity index is 703. The van der Waals surface area contributed by atoms with E-state index in [1.54, 1.807) is 13.2 Å². The zero-order valence-corrected chi connectivity index (χ0v) is 11.8. The third kappa shape index (κ3) is 2.58. The Labute approximate surface area is 122 Å². The number of halogens is 1. The van der Waals surface area contributed by atoms with Gasteiger partial charge in [0.25, 0.3) is 0 Å². The molecule has 1 N–H and O–H groups in total. The molecule has 0 fully saturated rings. The van der Waals surface area contributed by atoms with E-state index >= 15 is 0 Å². The first-order valence-electron chi connectivity index (χ1n) is 6.31. The first kappa shape index (κ1) is 12.9. The molecule has 1 aromatic heterocycles. The van der Waals surface area contributed by atoms with Crippen LogP contribution in [0.1, 0.15) is 5.76 Å². The summed E-state index contributed by atoms with van der Waals surface area (Å²) in [7, 11) is 1.60. The predicted molar refractivity (Wildman–Crippen MR) is 81.5 cm³/mol. The number of fused-ring (bicyclic) bond motifs is 1. The van der Waals surface area contributed by atoms with Gasteiger partial charge < -0.3 is 14.5 Å². The molecule has 0 atom stereocenters. The normalized spacial score (nSPS) is 10.7. The van der Waals surface area contributed by atoms with Crippen LogP contribution in [0.5, 0.6) is 5.75 Å². The number of methoxy groups -OCH3 is 1.